The fourth-order valence-corrected chi connectivity index (χ4v) is 1.90. The van der Waals surface area contributed by atoms with E-state index in [1.807, 2.05) is 19.1 Å². The second-order valence-corrected chi connectivity index (χ2v) is 5.06. The lowest BCUT2D eigenvalue weighted by Gasteiger charge is -2.08. The molecule has 0 aliphatic rings. The molecule has 0 radical (unpaired) electrons. The lowest BCUT2D eigenvalue weighted by atomic mass is 9.96. The monoisotopic (exact) mass is 282 g/mol. The minimum Gasteiger partial charge on any atom is -0.300 e. The first-order valence-electron chi connectivity index (χ1n) is 5.27. The molecule has 0 saturated carbocycles. The van der Waals surface area contributed by atoms with Crippen molar-refractivity contribution in [3.63, 3.8) is 0 Å². The minimum atomic E-state index is 0.0984. The predicted octanol–water partition coefficient (Wildman–Crippen LogP) is 3.64. The van der Waals surface area contributed by atoms with E-state index in [-0.39, 0.29) is 17.5 Å². The van der Waals surface area contributed by atoms with Crippen LogP contribution in [0.2, 0.25) is 0 Å². The molecule has 0 aliphatic heterocycles. The molecular formula is C13H15BrO2. The van der Waals surface area contributed by atoms with Gasteiger partial charge in [0.25, 0.3) is 0 Å². The van der Waals surface area contributed by atoms with Crippen molar-refractivity contribution < 1.29 is 9.59 Å². The molecule has 0 heterocycles. The van der Waals surface area contributed by atoms with Gasteiger partial charge in [-0.3, -0.25) is 4.79 Å². The summed E-state index contributed by atoms with van der Waals surface area (Å²) in [5.74, 6) is 0.353. The van der Waals surface area contributed by atoms with Gasteiger partial charge in [0.1, 0.15) is 5.78 Å². The van der Waals surface area contributed by atoms with Gasteiger partial charge in [-0.2, -0.15) is 0 Å². The SMILES string of the molecule is CC(=O)C[C@@H](C)CC(=O)c1ccc(Br)cc1. The van der Waals surface area contributed by atoms with Crippen LogP contribution in [0.4, 0.5) is 0 Å². The second-order valence-electron chi connectivity index (χ2n) is 4.15. The largest absolute Gasteiger partial charge is 0.300 e. The van der Waals surface area contributed by atoms with Crippen molar-refractivity contribution >= 4 is 27.5 Å². The van der Waals surface area contributed by atoms with Gasteiger partial charge in [0.05, 0.1) is 0 Å². The van der Waals surface area contributed by atoms with Crippen molar-refractivity contribution in [3.05, 3.63) is 34.3 Å². The van der Waals surface area contributed by atoms with Crippen LogP contribution in [0.3, 0.4) is 0 Å². The van der Waals surface area contributed by atoms with Gasteiger partial charge in [0.2, 0.25) is 0 Å². The van der Waals surface area contributed by atoms with E-state index in [2.05, 4.69) is 15.9 Å². The Labute approximate surface area is 104 Å². The number of benzene rings is 1. The Kier molecular flexibility index (Phi) is 4.87. The van der Waals surface area contributed by atoms with Crippen molar-refractivity contribution in [1.82, 2.24) is 0 Å². The topological polar surface area (TPSA) is 34.1 Å². The molecule has 0 unspecified atom stereocenters. The average molecular weight is 283 g/mol. The van der Waals surface area contributed by atoms with Crippen LogP contribution in [0.1, 0.15) is 37.0 Å². The molecule has 1 atom stereocenters. The number of hydrogen-bond donors (Lipinski definition) is 0. The first-order valence-corrected chi connectivity index (χ1v) is 6.06. The molecule has 3 heteroatoms. The van der Waals surface area contributed by atoms with Gasteiger partial charge in [-0.25, -0.2) is 0 Å². The molecule has 0 spiro atoms. The summed E-state index contributed by atoms with van der Waals surface area (Å²) in [5, 5.41) is 0. The molecule has 0 aliphatic carbocycles. The van der Waals surface area contributed by atoms with Crippen LogP contribution in [-0.2, 0) is 4.79 Å². The van der Waals surface area contributed by atoms with Crippen LogP contribution >= 0.6 is 15.9 Å². The molecule has 0 fully saturated rings. The molecule has 0 bridgehead atoms. The number of ketones is 2. The maximum Gasteiger partial charge on any atom is 0.163 e. The zero-order chi connectivity index (χ0) is 12.1. The van der Waals surface area contributed by atoms with E-state index in [9.17, 15) is 9.59 Å². The summed E-state index contributed by atoms with van der Waals surface area (Å²) in [5.41, 5.74) is 0.707. The fraction of sp³-hybridized carbons (Fsp3) is 0.385. The highest BCUT2D eigenvalue weighted by Crippen LogP contribution is 2.16. The zero-order valence-corrected chi connectivity index (χ0v) is 11.1. The molecule has 1 aromatic carbocycles. The molecule has 0 aromatic heterocycles. The second kappa shape index (κ2) is 5.94. The van der Waals surface area contributed by atoms with Crippen LogP contribution in [0.25, 0.3) is 0 Å². The third kappa shape index (κ3) is 4.27. The number of Topliss-reactive ketones (excluding diaryl/α,β-unsaturated/α-hetero) is 2. The van der Waals surface area contributed by atoms with Crippen molar-refractivity contribution in [2.75, 3.05) is 0 Å². The summed E-state index contributed by atoms with van der Waals surface area (Å²) >= 11 is 3.32. The average Bonchev–Trinajstić information content (AvgIpc) is 2.16. The molecule has 16 heavy (non-hydrogen) atoms. The molecule has 0 amide bonds. The Hall–Kier alpha value is -0.960. The van der Waals surface area contributed by atoms with Gasteiger partial charge < -0.3 is 4.79 Å². The number of hydrogen-bond acceptors (Lipinski definition) is 2. The van der Waals surface area contributed by atoms with E-state index in [4.69, 9.17) is 0 Å². The van der Waals surface area contributed by atoms with Crippen LogP contribution < -0.4 is 0 Å². The first-order chi connectivity index (χ1) is 7.49. The third-order valence-electron chi connectivity index (χ3n) is 2.34. The van der Waals surface area contributed by atoms with E-state index in [0.29, 0.717) is 18.4 Å². The molecule has 0 saturated heterocycles. The highest BCUT2D eigenvalue weighted by atomic mass is 79.9. The summed E-state index contributed by atoms with van der Waals surface area (Å²) in [6, 6.07) is 7.30. The molecule has 2 nitrogen and oxygen atoms in total. The van der Waals surface area contributed by atoms with Gasteiger partial charge in [-0.1, -0.05) is 35.0 Å². The Morgan fingerprint density at radius 3 is 2.25 bits per heavy atom. The van der Waals surface area contributed by atoms with Crippen LogP contribution in [0.15, 0.2) is 28.7 Å². The molecular weight excluding hydrogens is 268 g/mol. The summed E-state index contributed by atoms with van der Waals surface area (Å²) in [4.78, 5) is 22.7. The summed E-state index contributed by atoms with van der Waals surface area (Å²) < 4.78 is 0.959. The van der Waals surface area contributed by atoms with Gasteiger partial charge in [0.15, 0.2) is 5.78 Å². The third-order valence-corrected chi connectivity index (χ3v) is 2.86. The standard InChI is InChI=1S/C13H15BrO2/c1-9(7-10(2)15)8-13(16)11-3-5-12(14)6-4-11/h3-6,9H,7-8H2,1-2H3/t9-/m1/s1. The van der Waals surface area contributed by atoms with E-state index in [0.717, 1.165) is 4.47 Å². The first kappa shape index (κ1) is 13.1. The maximum absolute atomic E-state index is 11.8. The number of carbonyl (C=O) groups is 2. The lowest BCUT2D eigenvalue weighted by Crippen LogP contribution is -2.09. The quantitative estimate of drug-likeness (QED) is 0.773. The van der Waals surface area contributed by atoms with Crippen molar-refractivity contribution in [2.45, 2.75) is 26.7 Å². The van der Waals surface area contributed by atoms with Gasteiger partial charge in [-0.05, 0) is 25.0 Å². The number of carbonyl (C=O) groups excluding carboxylic acids is 2. The fourth-order valence-electron chi connectivity index (χ4n) is 1.63. The van der Waals surface area contributed by atoms with Crippen LogP contribution in [0, 0.1) is 5.92 Å². The smallest absolute Gasteiger partial charge is 0.163 e. The van der Waals surface area contributed by atoms with E-state index in [1.54, 1.807) is 19.1 Å². The van der Waals surface area contributed by atoms with Crippen molar-refractivity contribution in [2.24, 2.45) is 5.92 Å². The van der Waals surface area contributed by atoms with E-state index >= 15 is 0 Å². The highest BCUT2D eigenvalue weighted by molar-refractivity contribution is 9.10. The van der Waals surface area contributed by atoms with Crippen molar-refractivity contribution in [3.8, 4) is 0 Å². The lowest BCUT2D eigenvalue weighted by molar-refractivity contribution is -0.117. The van der Waals surface area contributed by atoms with Gasteiger partial charge in [-0.15, -0.1) is 0 Å². The normalized spacial score (nSPS) is 12.2. The summed E-state index contributed by atoms with van der Waals surface area (Å²) in [6.45, 7) is 3.48. The summed E-state index contributed by atoms with van der Waals surface area (Å²) in [6.07, 6.45) is 0.906. The van der Waals surface area contributed by atoms with E-state index < -0.39 is 0 Å². The Morgan fingerprint density at radius 2 is 1.75 bits per heavy atom. The number of rotatable bonds is 5. The molecule has 86 valence electrons. The molecule has 1 aromatic rings. The molecule has 1 rings (SSSR count). The predicted molar refractivity (Wildman–Crippen MR) is 67.6 cm³/mol. The van der Waals surface area contributed by atoms with Crippen LogP contribution in [0.5, 0.6) is 0 Å². The summed E-state index contributed by atoms with van der Waals surface area (Å²) in [7, 11) is 0. The van der Waals surface area contributed by atoms with Gasteiger partial charge in [0, 0.05) is 22.9 Å². The highest BCUT2D eigenvalue weighted by Gasteiger charge is 2.12. The number of halogens is 1. The van der Waals surface area contributed by atoms with Crippen molar-refractivity contribution in [1.29, 1.82) is 0 Å². The zero-order valence-electron chi connectivity index (χ0n) is 9.50. The van der Waals surface area contributed by atoms with E-state index in [1.165, 1.54) is 0 Å². The Morgan fingerprint density at radius 1 is 1.19 bits per heavy atom. The Bertz CT molecular complexity index is 381. The van der Waals surface area contributed by atoms with Gasteiger partial charge >= 0.3 is 0 Å². The van der Waals surface area contributed by atoms with Crippen LogP contribution in [-0.4, -0.2) is 11.6 Å². The Balaban J connectivity index is 2.58. The molecule has 0 N–H and O–H groups in total. The minimum absolute atomic E-state index is 0.0984. The maximum atomic E-state index is 11.8.